The third-order valence-electron chi connectivity index (χ3n) is 3.49. The zero-order valence-electron chi connectivity index (χ0n) is 9.20. The summed E-state index contributed by atoms with van der Waals surface area (Å²) in [5, 5.41) is 0. The lowest BCUT2D eigenvalue weighted by Gasteiger charge is -2.42. The lowest BCUT2D eigenvalue weighted by atomic mass is 9.63. The summed E-state index contributed by atoms with van der Waals surface area (Å²) in [4.78, 5) is 4.26. The molecule has 1 heterocycles. The van der Waals surface area contributed by atoms with E-state index >= 15 is 0 Å². The molecule has 1 fully saturated rings. The van der Waals surface area contributed by atoms with Crippen molar-refractivity contribution >= 4 is 0 Å². The second-order valence-corrected chi connectivity index (χ2v) is 4.26. The maximum atomic E-state index is 5.67. The molecule has 0 aromatic carbocycles. The molecule has 0 saturated heterocycles. The van der Waals surface area contributed by atoms with E-state index in [4.69, 9.17) is 10.5 Å². The first kappa shape index (κ1) is 10.4. The average Bonchev–Trinajstić information content (AvgIpc) is 2.24. The van der Waals surface area contributed by atoms with Gasteiger partial charge in [0.15, 0.2) is 0 Å². The number of hydrogen-bond donors (Lipinski definition) is 1. The molecular formula is C12H18N2O. The van der Waals surface area contributed by atoms with Crippen LogP contribution in [0.2, 0.25) is 0 Å². The fraction of sp³-hybridized carbons (Fsp3) is 0.583. The SMILES string of the molecule is COc1ccc(C2(CCN)CCC2)cn1. The number of nitrogens with zero attached hydrogens (tertiary/aromatic N) is 1. The molecule has 2 rings (SSSR count). The Hall–Kier alpha value is -1.09. The van der Waals surface area contributed by atoms with E-state index in [1.807, 2.05) is 12.3 Å². The van der Waals surface area contributed by atoms with Crippen molar-refractivity contribution in [2.45, 2.75) is 31.1 Å². The zero-order chi connectivity index (χ0) is 10.7. The maximum absolute atomic E-state index is 5.67. The lowest BCUT2D eigenvalue weighted by molar-refractivity contribution is 0.228. The van der Waals surface area contributed by atoms with Crippen LogP contribution in [0.4, 0.5) is 0 Å². The molecule has 0 radical (unpaired) electrons. The largest absolute Gasteiger partial charge is 0.481 e. The van der Waals surface area contributed by atoms with Crippen LogP contribution in [0, 0.1) is 0 Å². The smallest absolute Gasteiger partial charge is 0.212 e. The minimum Gasteiger partial charge on any atom is -0.481 e. The summed E-state index contributed by atoms with van der Waals surface area (Å²) in [7, 11) is 1.64. The van der Waals surface area contributed by atoms with Crippen molar-refractivity contribution in [1.82, 2.24) is 4.98 Å². The third kappa shape index (κ3) is 1.84. The van der Waals surface area contributed by atoms with Crippen LogP contribution in [0.3, 0.4) is 0 Å². The van der Waals surface area contributed by atoms with Gasteiger partial charge in [-0.1, -0.05) is 12.5 Å². The Kier molecular flexibility index (Phi) is 2.91. The van der Waals surface area contributed by atoms with Gasteiger partial charge in [-0.3, -0.25) is 0 Å². The molecule has 0 spiro atoms. The fourth-order valence-corrected chi connectivity index (χ4v) is 2.38. The van der Waals surface area contributed by atoms with Gasteiger partial charge in [0.05, 0.1) is 7.11 Å². The van der Waals surface area contributed by atoms with E-state index in [9.17, 15) is 0 Å². The van der Waals surface area contributed by atoms with Gasteiger partial charge < -0.3 is 10.5 Å². The Bertz CT molecular complexity index is 317. The molecule has 15 heavy (non-hydrogen) atoms. The van der Waals surface area contributed by atoms with Crippen LogP contribution >= 0.6 is 0 Å². The van der Waals surface area contributed by atoms with Crippen LogP contribution in [-0.2, 0) is 5.41 Å². The number of pyridine rings is 1. The molecule has 3 heteroatoms. The van der Waals surface area contributed by atoms with Crippen LogP contribution in [0.5, 0.6) is 5.88 Å². The number of ether oxygens (including phenoxy) is 1. The Morgan fingerprint density at radius 2 is 2.27 bits per heavy atom. The molecule has 2 N–H and O–H groups in total. The summed E-state index contributed by atoms with van der Waals surface area (Å²) in [5.41, 5.74) is 7.31. The van der Waals surface area contributed by atoms with Gasteiger partial charge >= 0.3 is 0 Å². The van der Waals surface area contributed by atoms with Crippen LogP contribution in [0.15, 0.2) is 18.3 Å². The highest BCUT2D eigenvalue weighted by molar-refractivity contribution is 5.28. The number of nitrogens with two attached hydrogens (primary N) is 1. The van der Waals surface area contributed by atoms with Gasteiger partial charge in [0, 0.05) is 12.3 Å². The molecule has 0 unspecified atom stereocenters. The summed E-state index contributed by atoms with van der Waals surface area (Å²) < 4.78 is 5.06. The van der Waals surface area contributed by atoms with E-state index in [1.54, 1.807) is 7.11 Å². The van der Waals surface area contributed by atoms with Gasteiger partial charge in [-0.2, -0.15) is 0 Å². The molecular weight excluding hydrogens is 188 g/mol. The van der Waals surface area contributed by atoms with Crippen LogP contribution < -0.4 is 10.5 Å². The summed E-state index contributed by atoms with van der Waals surface area (Å²) in [6, 6.07) is 4.06. The predicted octanol–water partition coefficient (Wildman–Crippen LogP) is 1.86. The number of hydrogen-bond acceptors (Lipinski definition) is 3. The molecule has 82 valence electrons. The minimum absolute atomic E-state index is 0.314. The van der Waals surface area contributed by atoms with E-state index in [-0.39, 0.29) is 0 Å². The number of aromatic nitrogens is 1. The van der Waals surface area contributed by atoms with E-state index in [0.29, 0.717) is 11.3 Å². The van der Waals surface area contributed by atoms with Crippen LogP contribution in [0.1, 0.15) is 31.2 Å². The first-order valence-corrected chi connectivity index (χ1v) is 5.51. The van der Waals surface area contributed by atoms with Gasteiger partial charge in [-0.15, -0.1) is 0 Å². The lowest BCUT2D eigenvalue weighted by Crippen LogP contribution is -2.36. The first-order valence-electron chi connectivity index (χ1n) is 5.51. The quantitative estimate of drug-likeness (QED) is 0.818. The van der Waals surface area contributed by atoms with E-state index in [2.05, 4.69) is 11.1 Å². The minimum atomic E-state index is 0.314. The highest BCUT2D eigenvalue weighted by Crippen LogP contribution is 2.46. The molecule has 3 nitrogen and oxygen atoms in total. The van der Waals surface area contributed by atoms with E-state index in [1.165, 1.54) is 24.8 Å². The second kappa shape index (κ2) is 4.19. The Balaban J connectivity index is 2.19. The van der Waals surface area contributed by atoms with Gasteiger partial charge in [-0.25, -0.2) is 4.98 Å². The highest BCUT2D eigenvalue weighted by Gasteiger charge is 2.37. The summed E-state index contributed by atoms with van der Waals surface area (Å²) >= 11 is 0. The zero-order valence-corrected chi connectivity index (χ0v) is 9.20. The molecule has 0 aliphatic heterocycles. The van der Waals surface area contributed by atoms with Gasteiger partial charge in [0.2, 0.25) is 5.88 Å². The van der Waals surface area contributed by atoms with Crippen molar-refractivity contribution in [2.75, 3.05) is 13.7 Å². The first-order chi connectivity index (χ1) is 7.30. The molecule has 1 aliphatic carbocycles. The van der Waals surface area contributed by atoms with E-state index in [0.717, 1.165) is 13.0 Å². The molecule has 1 aromatic heterocycles. The average molecular weight is 206 g/mol. The van der Waals surface area contributed by atoms with Crippen molar-refractivity contribution in [3.63, 3.8) is 0 Å². The molecule has 0 bridgehead atoms. The summed E-state index contributed by atoms with van der Waals surface area (Å²) in [5.74, 6) is 0.681. The van der Waals surface area contributed by atoms with Crippen molar-refractivity contribution in [2.24, 2.45) is 5.73 Å². The standard InChI is InChI=1S/C12H18N2O/c1-15-11-4-3-10(9-14-11)12(7-8-13)5-2-6-12/h3-4,9H,2,5-8,13H2,1H3. The Morgan fingerprint density at radius 1 is 1.47 bits per heavy atom. The number of methoxy groups -OCH3 is 1. The van der Waals surface area contributed by atoms with Crippen LogP contribution in [-0.4, -0.2) is 18.6 Å². The third-order valence-corrected chi connectivity index (χ3v) is 3.49. The molecule has 1 aromatic rings. The predicted molar refractivity (Wildman–Crippen MR) is 60.0 cm³/mol. The Morgan fingerprint density at radius 3 is 2.67 bits per heavy atom. The van der Waals surface area contributed by atoms with Crippen LogP contribution in [0.25, 0.3) is 0 Å². The molecule has 1 aliphatic rings. The summed E-state index contributed by atoms with van der Waals surface area (Å²) in [6.45, 7) is 0.756. The second-order valence-electron chi connectivity index (χ2n) is 4.26. The topological polar surface area (TPSA) is 48.1 Å². The van der Waals surface area contributed by atoms with Gasteiger partial charge in [0.1, 0.15) is 0 Å². The van der Waals surface area contributed by atoms with Crippen molar-refractivity contribution in [3.05, 3.63) is 23.9 Å². The number of rotatable bonds is 4. The van der Waals surface area contributed by atoms with Crippen molar-refractivity contribution in [3.8, 4) is 5.88 Å². The van der Waals surface area contributed by atoms with Crippen molar-refractivity contribution in [1.29, 1.82) is 0 Å². The van der Waals surface area contributed by atoms with Gasteiger partial charge in [-0.05, 0) is 36.8 Å². The monoisotopic (exact) mass is 206 g/mol. The molecule has 1 saturated carbocycles. The fourth-order valence-electron chi connectivity index (χ4n) is 2.38. The highest BCUT2D eigenvalue weighted by atomic mass is 16.5. The summed E-state index contributed by atoms with van der Waals surface area (Å²) in [6.07, 6.45) is 6.82. The Labute approximate surface area is 90.7 Å². The van der Waals surface area contributed by atoms with E-state index < -0.39 is 0 Å². The normalized spacial score (nSPS) is 18.3. The molecule has 0 amide bonds. The van der Waals surface area contributed by atoms with Crippen molar-refractivity contribution < 1.29 is 4.74 Å². The van der Waals surface area contributed by atoms with Gasteiger partial charge in [0.25, 0.3) is 0 Å². The maximum Gasteiger partial charge on any atom is 0.212 e. The molecule has 0 atom stereocenters.